The molecule has 0 aliphatic rings. The first-order chi connectivity index (χ1) is 14.2. The number of ether oxygens (including phenoxy) is 2. The van der Waals surface area contributed by atoms with Gasteiger partial charge in [-0.15, -0.1) is 0 Å². The van der Waals surface area contributed by atoms with E-state index in [1.807, 2.05) is 0 Å². The van der Waals surface area contributed by atoms with Crippen LogP contribution in [0.2, 0.25) is 0 Å². The second kappa shape index (κ2) is 9.96. The molecule has 2 amide bonds. The molecule has 0 saturated carbocycles. The molecular formula is C19H18FN3O7. The Morgan fingerprint density at radius 2 is 1.83 bits per heavy atom. The van der Waals surface area contributed by atoms with Gasteiger partial charge in [0.05, 0.1) is 12.0 Å². The van der Waals surface area contributed by atoms with Crippen molar-refractivity contribution < 1.29 is 33.2 Å². The van der Waals surface area contributed by atoms with Gasteiger partial charge in [-0.3, -0.25) is 24.5 Å². The third-order valence-corrected chi connectivity index (χ3v) is 3.83. The van der Waals surface area contributed by atoms with Crippen molar-refractivity contribution in [2.24, 2.45) is 0 Å². The summed E-state index contributed by atoms with van der Waals surface area (Å²) in [5, 5.41) is 15.4. The highest BCUT2D eigenvalue weighted by atomic mass is 19.1. The van der Waals surface area contributed by atoms with Crippen LogP contribution in [0.25, 0.3) is 0 Å². The van der Waals surface area contributed by atoms with Crippen LogP contribution < -0.4 is 15.4 Å². The molecule has 1 atom stereocenters. The molecule has 2 rings (SSSR count). The third kappa shape index (κ3) is 5.99. The van der Waals surface area contributed by atoms with E-state index in [4.69, 9.17) is 9.47 Å². The fraction of sp³-hybridized carbons (Fsp3) is 0.211. The molecule has 158 valence electrons. The lowest BCUT2D eigenvalue weighted by molar-refractivity contribution is -0.387. The molecule has 0 aliphatic carbocycles. The van der Waals surface area contributed by atoms with E-state index in [2.05, 4.69) is 10.6 Å². The van der Waals surface area contributed by atoms with Gasteiger partial charge >= 0.3 is 11.7 Å². The largest absolute Gasteiger partial charge is 0.497 e. The molecule has 0 aliphatic heterocycles. The normalized spacial score (nSPS) is 11.2. The number of carbonyl (C=O) groups is 3. The van der Waals surface area contributed by atoms with E-state index in [0.29, 0.717) is 11.3 Å². The Labute approximate surface area is 170 Å². The molecule has 10 nitrogen and oxygen atoms in total. The van der Waals surface area contributed by atoms with Crippen LogP contribution in [0.5, 0.6) is 5.75 Å². The average molecular weight is 419 g/mol. The Balaban J connectivity index is 1.85. The van der Waals surface area contributed by atoms with Gasteiger partial charge < -0.3 is 20.1 Å². The minimum Gasteiger partial charge on any atom is -0.497 e. The molecule has 0 aromatic heterocycles. The van der Waals surface area contributed by atoms with Gasteiger partial charge in [-0.2, -0.15) is 4.39 Å². The summed E-state index contributed by atoms with van der Waals surface area (Å²) >= 11 is 0. The average Bonchev–Trinajstić information content (AvgIpc) is 2.73. The number of rotatable bonds is 8. The summed E-state index contributed by atoms with van der Waals surface area (Å²) in [5.74, 6) is -2.66. The second-order valence-corrected chi connectivity index (χ2v) is 5.96. The molecule has 0 saturated heterocycles. The van der Waals surface area contributed by atoms with Crippen molar-refractivity contribution in [3.05, 3.63) is 64.0 Å². The van der Waals surface area contributed by atoms with E-state index in [0.717, 1.165) is 18.2 Å². The fourth-order valence-electron chi connectivity index (χ4n) is 2.26. The second-order valence-electron chi connectivity index (χ2n) is 5.96. The molecule has 0 bridgehead atoms. The van der Waals surface area contributed by atoms with Gasteiger partial charge in [0.15, 0.2) is 6.10 Å². The summed E-state index contributed by atoms with van der Waals surface area (Å²) in [6, 6.07) is 8.99. The Morgan fingerprint density at radius 3 is 2.43 bits per heavy atom. The fourth-order valence-corrected chi connectivity index (χ4v) is 2.26. The van der Waals surface area contributed by atoms with E-state index < -0.39 is 46.9 Å². The van der Waals surface area contributed by atoms with E-state index in [9.17, 15) is 28.9 Å². The molecule has 0 spiro atoms. The molecular weight excluding hydrogens is 401 g/mol. The smallest absolute Gasteiger partial charge is 0.326 e. The number of nitro groups is 1. The van der Waals surface area contributed by atoms with E-state index in [1.54, 1.807) is 12.1 Å². The van der Waals surface area contributed by atoms with Crippen molar-refractivity contribution in [2.45, 2.75) is 13.0 Å². The molecule has 2 aromatic rings. The predicted molar refractivity (Wildman–Crippen MR) is 103 cm³/mol. The Hall–Kier alpha value is -4.02. The van der Waals surface area contributed by atoms with Crippen LogP contribution in [-0.2, 0) is 14.3 Å². The Kier molecular flexibility index (Phi) is 7.39. The van der Waals surface area contributed by atoms with Gasteiger partial charge in [0.25, 0.3) is 11.8 Å². The highest BCUT2D eigenvalue weighted by molar-refractivity contribution is 5.97. The van der Waals surface area contributed by atoms with Crippen molar-refractivity contribution in [2.75, 3.05) is 19.0 Å². The lowest BCUT2D eigenvalue weighted by atomic mass is 10.2. The first-order valence-corrected chi connectivity index (χ1v) is 8.57. The lowest BCUT2D eigenvalue weighted by Gasteiger charge is -2.14. The topological polar surface area (TPSA) is 137 Å². The molecule has 2 aromatic carbocycles. The van der Waals surface area contributed by atoms with Crippen LogP contribution >= 0.6 is 0 Å². The zero-order valence-corrected chi connectivity index (χ0v) is 16.0. The number of hydrogen-bond donors (Lipinski definition) is 2. The van der Waals surface area contributed by atoms with Crippen molar-refractivity contribution in [3.8, 4) is 5.75 Å². The first-order valence-electron chi connectivity index (χ1n) is 8.57. The maximum Gasteiger partial charge on any atom is 0.326 e. The van der Waals surface area contributed by atoms with Crippen LogP contribution in [-0.4, -0.2) is 42.5 Å². The zero-order valence-electron chi connectivity index (χ0n) is 16.0. The van der Waals surface area contributed by atoms with E-state index in [1.165, 1.54) is 26.2 Å². The predicted octanol–water partition coefficient (Wildman–Crippen LogP) is 2.04. The number of carbonyl (C=O) groups excluding carboxylic acids is 3. The quantitative estimate of drug-likeness (QED) is 0.379. The number of nitrogens with zero attached hydrogens (tertiary/aromatic N) is 1. The van der Waals surface area contributed by atoms with Crippen molar-refractivity contribution in [1.29, 1.82) is 0 Å². The van der Waals surface area contributed by atoms with Gasteiger partial charge in [0, 0.05) is 17.3 Å². The summed E-state index contributed by atoms with van der Waals surface area (Å²) in [6.07, 6.45) is -1.26. The van der Waals surface area contributed by atoms with Crippen LogP contribution in [0.3, 0.4) is 0 Å². The number of methoxy groups -OCH3 is 1. The summed E-state index contributed by atoms with van der Waals surface area (Å²) in [4.78, 5) is 45.8. The standard InChI is InChI=1S/C19H18FN3O7/c1-11(18(25)22-13-5-8-15(20)16(9-13)23(27)28)30-17(24)10-21-19(26)12-3-6-14(29-2)7-4-12/h3-9,11H,10H2,1-2H3,(H,21,26)(H,22,25). The number of hydrogen-bond acceptors (Lipinski definition) is 7. The maximum atomic E-state index is 13.3. The number of halogens is 1. The van der Waals surface area contributed by atoms with Crippen molar-refractivity contribution in [3.63, 3.8) is 0 Å². The number of nitrogens with one attached hydrogen (secondary N) is 2. The molecule has 30 heavy (non-hydrogen) atoms. The van der Waals surface area contributed by atoms with Gasteiger partial charge in [-0.1, -0.05) is 0 Å². The molecule has 2 N–H and O–H groups in total. The minimum atomic E-state index is -1.26. The summed E-state index contributed by atoms with van der Waals surface area (Å²) < 4.78 is 23.2. The number of esters is 1. The minimum absolute atomic E-state index is 0.0381. The zero-order chi connectivity index (χ0) is 22.3. The van der Waals surface area contributed by atoms with Crippen LogP contribution in [0.1, 0.15) is 17.3 Å². The highest BCUT2D eigenvalue weighted by Crippen LogP contribution is 2.21. The van der Waals surface area contributed by atoms with Crippen molar-refractivity contribution >= 4 is 29.2 Å². The first kappa shape index (κ1) is 22.3. The Morgan fingerprint density at radius 1 is 1.17 bits per heavy atom. The molecule has 0 fully saturated rings. The number of anilines is 1. The van der Waals surface area contributed by atoms with Crippen LogP contribution in [0.4, 0.5) is 15.8 Å². The SMILES string of the molecule is COc1ccc(C(=O)NCC(=O)OC(C)C(=O)Nc2ccc(F)c([N+](=O)[O-])c2)cc1. The summed E-state index contributed by atoms with van der Waals surface area (Å²) in [5.41, 5.74) is -0.546. The molecule has 0 heterocycles. The van der Waals surface area contributed by atoms with E-state index >= 15 is 0 Å². The summed E-state index contributed by atoms with van der Waals surface area (Å²) in [6.45, 7) is 0.793. The number of nitro benzene ring substituents is 1. The third-order valence-electron chi connectivity index (χ3n) is 3.83. The summed E-state index contributed by atoms with van der Waals surface area (Å²) in [7, 11) is 1.49. The van der Waals surface area contributed by atoms with Crippen LogP contribution in [0, 0.1) is 15.9 Å². The van der Waals surface area contributed by atoms with Crippen LogP contribution in [0.15, 0.2) is 42.5 Å². The van der Waals surface area contributed by atoms with Gasteiger partial charge in [0.2, 0.25) is 5.82 Å². The molecule has 0 radical (unpaired) electrons. The molecule has 1 unspecified atom stereocenters. The van der Waals surface area contributed by atoms with Crippen molar-refractivity contribution in [1.82, 2.24) is 5.32 Å². The van der Waals surface area contributed by atoms with Gasteiger partial charge in [-0.05, 0) is 43.3 Å². The lowest BCUT2D eigenvalue weighted by Crippen LogP contribution is -2.35. The van der Waals surface area contributed by atoms with Gasteiger partial charge in [0.1, 0.15) is 12.3 Å². The number of benzene rings is 2. The molecule has 11 heteroatoms. The number of amides is 2. The highest BCUT2D eigenvalue weighted by Gasteiger charge is 2.21. The van der Waals surface area contributed by atoms with Gasteiger partial charge in [-0.25, -0.2) is 0 Å². The van der Waals surface area contributed by atoms with E-state index in [-0.39, 0.29) is 5.69 Å². The monoisotopic (exact) mass is 419 g/mol. The maximum absolute atomic E-state index is 13.3. The Bertz CT molecular complexity index is 963.